The molecular formula is C18H22ClN. The zero-order valence-corrected chi connectivity index (χ0v) is 13.4. The standard InChI is InChI=1S/C18H22ClN/c1-11-5-6-12(2)15(7-11)10-18(20)16-8-14(4)17(19)9-13(16)3/h5-9,18H,10,20H2,1-4H3. The molecule has 0 fully saturated rings. The highest BCUT2D eigenvalue weighted by Crippen LogP contribution is 2.26. The van der Waals surface area contributed by atoms with Crippen LogP contribution in [0.4, 0.5) is 0 Å². The quantitative estimate of drug-likeness (QED) is 0.861. The number of hydrogen-bond donors (Lipinski definition) is 1. The molecule has 0 heterocycles. The van der Waals surface area contributed by atoms with Crippen molar-refractivity contribution in [1.29, 1.82) is 0 Å². The first-order valence-corrected chi connectivity index (χ1v) is 7.34. The number of hydrogen-bond acceptors (Lipinski definition) is 1. The number of rotatable bonds is 3. The van der Waals surface area contributed by atoms with Gasteiger partial charge < -0.3 is 5.73 Å². The van der Waals surface area contributed by atoms with E-state index in [9.17, 15) is 0 Å². The highest BCUT2D eigenvalue weighted by Gasteiger charge is 2.13. The van der Waals surface area contributed by atoms with Crippen molar-refractivity contribution >= 4 is 11.6 Å². The summed E-state index contributed by atoms with van der Waals surface area (Å²) in [5.41, 5.74) is 13.8. The highest BCUT2D eigenvalue weighted by molar-refractivity contribution is 6.31. The van der Waals surface area contributed by atoms with Gasteiger partial charge in [0.25, 0.3) is 0 Å². The number of aryl methyl sites for hydroxylation is 4. The molecule has 106 valence electrons. The Labute approximate surface area is 126 Å². The molecule has 1 atom stereocenters. The maximum absolute atomic E-state index is 6.42. The van der Waals surface area contributed by atoms with Crippen molar-refractivity contribution in [2.24, 2.45) is 5.73 Å². The summed E-state index contributed by atoms with van der Waals surface area (Å²) < 4.78 is 0. The molecule has 0 bridgehead atoms. The molecule has 2 rings (SSSR count). The number of nitrogens with two attached hydrogens (primary N) is 1. The van der Waals surface area contributed by atoms with E-state index in [4.69, 9.17) is 17.3 Å². The summed E-state index contributed by atoms with van der Waals surface area (Å²) in [5, 5.41) is 0.810. The maximum atomic E-state index is 6.42. The molecule has 0 aliphatic rings. The summed E-state index contributed by atoms with van der Waals surface area (Å²) in [6.07, 6.45) is 0.857. The zero-order chi connectivity index (χ0) is 14.9. The van der Waals surface area contributed by atoms with E-state index < -0.39 is 0 Å². The molecule has 0 saturated heterocycles. The second-order valence-electron chi connectivity index (χ2n) is 5.70. The van der Waals surface area contributed by atoms with Gasteiger partial charge in [-0.25, -0.2) is 0 Å². The van der Waals surface area contributed by atoms with E-state index in [1.807, 2.05) is 13.0 Å². The topological polar surface area (TPSA) is 26.0 Å². The molecule has 0 amide bonds. The van der Waals surface area contributed by atoms with E-state index >= 15 is 0 Å². The predicted octanol–water partition coefficient (Wildman–Crippen LogP) is 4.82. The van der Waals surface area contributed by atoms with Crippen LogP contribution in [-0.2, 0) is 6.42 Å². The zero-order valence-electron chi connectivity index (χ0n) is 12.6. The first-order valence-electron chi connectivity index (χ1n) is 6.97. The van der Waals surface area contributed by atoms with E-state index in [2.05, 4.69) is 45.0 Å². The fourth-order valence-corrected chi connectivity index (χ4v) is 2.79. The van der Waals surface area contributed by atoms with Crippen LogP contribution in [0.5, 0.6) is 0 Å². The minimum atomic E-state index is 0.00599. The van der Waals surface area contributed by atoms with Crippen LogP contribution >= 0.6 is 11.6 Å². The molecule has 0 aromatic heterocycles. The number of benzene rings is 2. The molecule has 2 heteroatoms. The molecule has 1 unspecified atom stereocenters. The Hall–Kier alpha value is -1.31. The smallest absolute Gasteiger partial charge is 0.0438 e. The Balaban J connectivity index is 2.30. The van der Waals surface area contributed by atoms with Crippen LogP contribution in [0.2, 0.25) is 5.02 Å². The van der Waals surface area contributed by atoms with Crippen molar-refractivity contribution in [2.75, 3.05) is 0 Å². The lowest BCUT2D eigenvalue weighted by atomic mass is 9.92. The third-order valence-electron chi connectivity index (χ3n) is 3.89. The summed E-state index contributed by atoms with van der Waals surface area (Å²) in [5.74, 6) is 0. The summed E-state index contributed by atoms with van der Waals surface area (Å²) in [6, 6.07) is 10.7. The van der Waals surface area contributed by atoms with Crippen molar-refractivity contribution in [3.8, 4) is 0 Å². The van der Waals surface area contributed by atoms with E-state index in [1.165, 1.54) is 27.8 Å². The van der Waals surface area contributed by atoms with Gasteiger partial charge in [0.15, 0.2) is 0 Å². The lowest BCUT2D eigenvalue weighted by Crippen LogP contribution is -2.15. The van der Waals surface area contributed by atoms with Crippen LogP contribution in [0, 0.1) is 27.7 Å². The average Bonchev–Trinajstić information content (AvgIpc) is 2.38. The second-order valence-corrected chi connectivity index (χ2v) is 6.11. The largest absolute Gasteiger partial charge is 0.324 e. The van der Waals surface area contributed by atoms with E-state index in [0.29, 0.717) is 0 Å². The number of halogens is 1. The van der Waals surface area contributed by atoms with Crippen molar-refractivity contribution in [3.63, 3.8) is 0 Å². The van der Waals surface area contributed by atoms with Crippen LogP contribution in [0.15, 0.2) is 30.3 Å². The summed E-state index contributed by atoms with van der Waals surface area (Å²) >= 11 is 6.16. The molecule has 1 nitrogen and oxygen atoms in total. The molecule has 2 N–H and O–H groups in total. The first-order chi connectivity index (χ1) is 9.38. The van der Waals surface area contributed by atoms with Crippen LogP contribution in [-0.4, -0.2) is 0 Å². The van der Waals surface area contributed by atoms with Crippen molar-refractivity contribution in [1.82, 2.24) is 0 Å². The van der Waals surface area contributed by atoms with Crippen LogP contribution in [0.25, 0.3) is 0 Å². The van der Waals surface area contributed by atoms with Gasteiger partial charge in [-0.3, -0.25) is 0 Å². The lowest BCUT2D eigenvalue weighted by Gasteiger charge is -2.18. The minimum Gasteiger partial charge on any atom is -0.324 e. The van der Waals surface area contributed by atoms with E-state index in [0.717, 1.165) is 17.0 Å². The van der Waals surface area contributed by atoms with Crippen LogP contribution < -0.4 is 5.73 Å². The Kier molecular flexibility index (Phi) is 4.52. The maximum Gasteiger partial charge on any atom is 0.0438 e. The summed E-state index contributed by atoms with van der Waals surface area (Å²) in [4.78, 5) is 0. The fraction of sp³-hybridized carbons (Fsp3) is 0.333. The molecule has 0 radical (unpaired) electrons. The molecule has 20 heavy (non-hydrogen) atoms. The van der Waals surface area contributed by atoms with E-state index in [1.54, 1.807) is 0 Å². The molecule has 0 aliphatic heterocycles. The lowest BCUT2D eigenvalue weighted by molar-refractivity contribution is 0.712. The van der Waals surface area contributed by atoms with Gasteiger partial charge in [0.05, 0.1) is 0 Å². The summed E-state index contributed by atoms with van der Waals surface area (Å²) in [6.45, 7) is 8.35. The normalized spacial score (nSPS) is 12.5. The minimum absolute atomic E-state index is 0.00599. The summed E-state index contributed by atoms with van der Waals surface area (Å²) in [7, 11) is 0. The van der Waals surface area contributed by atoms with Gasteiger partial charge in [-0.1, -0.05) is 41.4 Å². The van der Waals surface area contributed by atoms with Gasteiger partial charge in [-0.15, -0.1) is 0 Å². The van der Waals surface area contributed by atoms with Gasteiger partial charge in [-0.2, -0.15) is 0 Å². The second kappa shape index (κ2) is 5.99. The monoisotopic (exact) mass is 287 g/mol. The molecule has 2 aromatic rings. The van der Waals surface area contributed by atoms with Crippen LogP contribution in [0.3, 0.4) is 0 Å². The average molecular weight is 288 g/mol. The highest BCUT2D eigenvalue weighted by atomic mass is 35.5. The molecule has 0 saturated carbocycles. The van der Waals surface area contributed by atoms with Crippen molar-refractivity contribution < 1.29 is 0 Å². The SMILES string of the molecule is Cc1ccc(C)c(CC(N)c2cc(C)c(Cl)cc2C)c1. The Morgan fingerprint density at radius 3 is 2.35 bits per heavy atom. The van der Waals surface area contributed by atoms with Crippen molar-refractivity contribution in [3.05, 3.63) is 68.7 Å². The first kappa shape index (κ1) is 15.1. The molecule has 0 aliphatic carbocycles. The fourth-order valence-electron chi connectivity index (χ4n) is 2.57. The van der Waals surface area contributed by atoms with Crippen LogP contribution in [0.1, 0.15) is 39.4 Å². The Morgan fingerprint density at radius 1 is 0.950 bits per heavy atom. The van der Waals surface area contributed by atoms with E-state index in [-0.39, 0.29) is 6.04 Å². The van der Waals surface area contributed by atoms with Gasteiger partial charge in [0.2, 0.25) is 0 Å². The van der Waals surface area contributed by atoms with Gasteiger partial charge >= 0.3 is 0 Å². The Morgan fingerprint density at radius 2 is 1.65 bits per heavy atom. The predicted molar refractivity (Wildman–Crippen MR) is 87.5 cm³/mol. The van der Waals surface area contributed by atoms with Gasteiger partial charge in [0, 0.05) is 11.1 Å². The Bertz CT molecular complexity index is 632. The third kappa shape index (κ3) is 3.23. The van der Waals surface area contributed by atoms with Gasteiger partial charge in [0.1, 0.15) is 0 Å². The molecular weight excluding hydrogens is 266 g/mol. The van der Waals surface area contributed by atoms with Crippen molar-refractivity contribution in [2.45, 2.75) is 40.2 Å². The molecule has 0 spiro atoms. The third-order valence-corrected chi connectivity index (χ3v) is 4.30. The molecule has 2 aromatic carbocycles. The van der Waals surface area contributed by atoms with Gasteiger partial charge in [-0.05, 0) is 68.0 Å².